The van der Waals surface area contributed by atoms with Crippen LogP contribution >= 0.6 is 0 Å². The molecule has 0 atom stereocenters. The molecule has 0 saturated carbocycles. The van der Waals surface area contributed by atoms with Crippen molar-refractivity contribution in [3.63, 3.8) is 0 Å². The second-order valence-corrected chi connectivity index (χ2v) is 1.45. The van der Waals surface area contributed by atoms with Crippen LogP contribution in [0, 0.1) is 0 Å². The van der Waals surface area contributed by atoms with Crippen molar-refractivity contribution >= 4 is 5.91 Å². The molecule has 1 rings (SSSR count). The van der Waals surface area contributed by atoms with Crippen LogP contribution < -0.4 is 11.9 Å². The molecule has 0 aliphatic carbocycles. The fourth-order valence-corrected chi connectivity index (χ4v) is 0.426. The van der Waals surface area contributed by atoms with Gasteiger partial charge in [0.15, 0.2) is 0 Å². The predicted octanol–water partition coefficient (Wildman–Crippen LogP) is -0.263. The predicted molar refractivity (Wildman–Crippen MR) is 35.6 cm³/mol. The van der Waals surface area contributed by atoms with Crippen LogP contribution in [0.2, 0.25) is 0 Å². The zero-order valence-electron chi connectivity index (χ0n) is 5.32. The number of nitrogens with two attached hydrogens (primary N) is 1. The molecular weight excluding hydrogens is 132 g/mol. The second kappa shape index (κ2) is 3.52. The molecule has 5 heteroatoms. The first-order chi connectivity index (χ1) is 4.30. The maximum absolute atomic E-state index is 10.3. The Morgan fingerprint density at radius 1 is 1.50 bits per heavy atom. The highest BCUT2D eigenvalue weighted by molar-refractivity contribution is 5.90. The van der Waals surface area contributed by atoms with Gasteiger partial charge in [0.2, 0.25) is 0 Å². The lowest BCUT2D eigenvalue weighted by molar-refractivity contribution is 0.0995. The molecule has 1 aromatic heterocycles. The molecule has 0 spiro atoms. The van der Waals surface area contributed by atoms with Crippen molar-refractivity contribution < 1.29 is 4.79 Å². The fraction of sp³-hybridized carbons (Fsp3) is 0. The normalized spacial score (nSPS) is 8.00. The average molecular weight is 140 g/mol. The summed E-state index contributed by atoms with van der Waals surface area (Å²) >= 11 is 0. The molecule has 0 fully saturated rings. The molecule has 1 amide bonds. The van der Waals surface area contributed by atoms with Crippen molar-refractivity contribution in [3.8, 4) is 0 Å². The van der Waals surface area contributed by atoms with Crippen molar-refractivity contribution in [1.82, 2.24) is 16.1 Å². The van der Waals surface area contributed by atoms with Gasteiger partial charge in [-0.1, -0.05) is 0 Å². The van der Waals surface area contributed by atoms with Crippen molar-refractivity contribution in [3.05, 3.63) is 24.3 Å². The van der Waals surface area contributed by atoms with Gasteiger partial charge in [0, 0.05) is 12.4 Å². The Balaban J connectivity index is 0.000000810. The Morgan fingerprint density at radius 2 is 2.20 bits per heavy atom. The number of nitrogens with zero attached hydrogens (tertiary/aromatic N) is 2. The van der Waals surface area contributed by atoms with Gasteiger partial charge < -0.3 is 11.9 Å². The molecule has 5 nitrogen and oxygen atoms in total. The monoisotopic (exact) mass is 140 g/mol. The van der Waals surface area contributed by atoms with E-state index < -0.39 is 5.91 Å². The van der Waals surface area contributed by atoms with Gasteiger partial charge in [0.25, 0.3) is 5.91 Å². The number of amides is 1. The minimum Gasteiger partial charge on any atom is -0.364 e. The topological polar surface area (TPSA) is 104 Å². The van der Waals surface area contributed by atoms with Gasteiger partial charge >= 0.3 is 0 Å². The number of carbonyl (C=O) groups is 1. The average Bonchev–Trinajstić information content (AvgIpc) is 1.90. The van der Waals surface area contributed by atoms with Gasteiger partial charge in [0.1, 0.15) is 5.69 Å². The lowest BCUT2D eigenvalue weighted by atomic mass is 10.4. The maximum Gasteiger partial charge on any atom is 0.268 e. The van der Waals surface area contributed by atoms with Gasteiger partial charge in [-0.3, -0.25) is 9.78 Å². The lowest BCUT2D eigenvalue weighted by Crippen LogP contribution is -2.12. The summed E-state index contributed by atoms with van der Waals surface area (Å²) in [5.41, 5.74) is 5.06. The molecule has 0 aliphatic heterocycles. The van der Waals surface area contributed by atoms with E-state index in [1.54, 1.807) is 0 Å². The number of hydrogen-bond donors (Lipinski definition) is 2. The van der Waals surface area contributed by atoms with Crippen LogP contribution in [0.4, 0.5) is 0 Å². The smallest absolute Gasteiger partial charge is 0.268 e. The summed E-state index contributed by atoms with van der Waals surface area (Å²) in [6.07, 6.45) is 4.22. The van der Waals surface area contributed by atoms with Gasteiger partial charge in [-0.2, -0.15) is 0 Å². The first-order valence-corrected chi connectivity index (χ1v) is 2.36. The Morgan fingerprint density at radius 3 is 2.50 bits per heavy atom. The van der Waals surface area contributed by atoms with E-state index in [0.717, 1.165) is 0 Å². The van der Waals surface area contributed by atoms with E-state index in [9.17, 15) is 4.79 Å². The van der Waals surface area contributed by atoms with E-state index in [1.807, 2.05) is 0 Å². The summed E-state index contributed by atoms with van der Waals surface area (Å²) in [4.78, 5) is 17.6. The summed E-state index contributed by atoms with van der Waals surface area (Å²) in [5.74, 6) is -0.553. The standard InChI is InChI=1S/C5H5N3O.H3N/c6-5(9)4-3-7-1-2-8-4;/h1-3H,(H2,6,9);1H3. The minimum atomic E-state index is -0.553. The first-order valence-electron chi connectivity index (χ1n) is 2.36. The van der Waals surface area contributed by atoms with E-state index in [1.165, 1.54) is 18.6 Å². The second-order valence-electron chi connectivity index (χ2n) is 1.45. The Labute approximate surface area is 57.9 Å². The number of hydrogen-bond acceptors (Lipinski definition) is 4. The molecule has 1 aromatic rings. The van der Waals surface area contributed by atoms with Crippen LogP contribution in [0.1, 0.15) is 10.5 Å². The summed E-state index contributed by atoms with van der Waals surface area (Å²) in [6.45, 7) is 0. The molecule has 1 heterocycles. The van der Waals surface area contributed by atoms with E-state index in [-0.39, 0.29) is 11.8 Å². The molecule has 10 heavy (non-hydrogen) atoms. The Hall–Kier alpha value is -1.49. The highest BCUT2D eigenvalue weighted by atomic mass is 16.1. The Kier molecular flexibility index (Phi) is 2.99. The van der Waals surface area contributed by atoms with Crippen LogP contribution in [-0.4, -0.2) is 15.9 Å². The molecule has 0 aliphatic rings. The van der Waals surface area contributed by atoms with Crippen LogP contribution in [0.5, 0.6) is 0 Å². The van der Waals surface area contributed by atoms with Gasteiger partial charge in [-0.15, -0.1) is 0 Å². The summed E-state index contributed by atoms with van der Waals surface area (Å²) in [6, 6.07) is 0. The molecule has 54 valence electrons. The molecule has 0 bridgehead atoms. The highest BCUT2D eigenvalue weighted by Gasteiger charge is 1.97. The summed E-state index contributed by atoms with van der Waals surface area (Å²) in [5, 5.41) is 0. The third kappa shape index (κ3) is 1.79. The van der Waals surface area contributed by atoms with Gasteiger partial charge in [0.05, 0.1) is 6.20 Å². The summed E-state index contributed by atoms with van der Waals surface area (Å²) < 4.78 is 0. The maximum atomic E-state index is 10.3. The number of rotatable bonds is 1. The molecule has 0 unspecified atom stereocenters. The zero-order chi connectivity index (χ0) is 6.69. The minimum absolute atomic E-state index is 0. The fourth-order valence-electron chi connectivity index (χ4n) is 0.426. The van der Waals surface area contributed by atoms with E-state index in [2.05, 4.69) is 9.97 Å². The van der Waals surface area contributed by atoms with Crippen LogP contribution in [0.3, 0.4) is 0 Å². The van der Waals surface area contributed by atoms with Crippen molar-refractivity contribution in [1.29, 1.82) is 0 Å². The largest absolute Gasteiger partial charge is 0.364 e. The third-order valence-corrected chi connectivity index (χ3v) is 0.816. The molecule has 0 saturated heterocycles. The third-order valence-electron chi connectivity index (χ3n) is 0.816. The Bertz CT molecular complexity index is 210. The van der Waals surface area contributed by atoms with Crippen molar-refractivity contribution in [2.24, 2.45) is 5.73 Å². The van der Waals surface area contributed by atoms with Crippen molar-refractivity contribution in [2.75, 3.05) is 0 Å². The quantitative estimate of drug-likeness (QED) is 0.560. The van der Waals surface area contributed by atoms with E-state index >= 15 is 0 Å². The molecule has 0 aromatic carbocycles. The van der Waals surface area contributed by atoms with Gasteiger partial charge in [-0.25, -0.2) is 4.98 Å². The lowest BCUT2D eigenvalue weighted by Gasteiger charge is -1.87. The van der Waals surface area contributed by atoms with Crippen molar-refractivity contribution in [2.45, 2.75) is 0 Å². The van der Waals surface area contributed by atoms with Gasteiger partial charge in [-0.05, 0) is 0 Å². The van der Waals surface area contributed by atoms with Crippen LogP contribution in [-0.2, 0) is 0 Å². The summed E-state index contributed by atoms with van der Waals surface area (Å²) in [7, 11) is 0. The van der Waals surface area contributed by atoms with E-state index in [4.69, 9.17) is 5.73 Å². The molecule has 5 N–H and O–H groups in total. The number of aromatic nitrogens is 2. The molecule has 0 radical (unpaired) electrons. The van der Waals surface area contributed by atoms with E-state index in [0.29, 0.717) is 0 Å². The van der Waals surface area contributed by atoms with Crippen LogP contribution in [0.25, 0.3) is 0 Å². The highest BCUT2D eigenvalue weighted by Crippen LogP contribution is 1.84. The number of carbonyl (C=O) groups excluding carboxylic acids is 1. The number of primary amides is 1. The molecular formula is C5H8N4O. The van der Waals surface area contributed by atoms with Crippen LogP contribution in [0.15, 0.2) is 18.6 Å². The zero-order valence-corrected chi connectivity index (χ0v) is 5.32. The first kappa shape index (κ1) is 8.51. The SMILES string of the molecule is N.NC(=O)c1cnccn1.